The van der Waals surface area contributed by atoms with Crippen molar-refractivity contribution in [3.8, 4) is 0 Å². The summed E-state index contributed by atoms with van der Waals surface area (Å²) in [5, 5.41) is 0. The lowest BCUT2D eigenvalue weighted by atomic mass is 9.91. The smallest absolute Gasteiger partial charge is 0.256 e. The fourth-order valence-corrected chi connectivity index (χ4v) is 4.20. The normalized spacial score (nSPS) is 19.3. The number of piperazine rings is 1. The number of halogens is 1. The van der Waals surface area contributed by atoms with Crippen LogP contribution in [0.5, 0.6) is 0 Å². The molecule has 0 unspecified atom stereocenters. The standard InChI is InChI=1S/C22H32FN3O2/c1-17(2)24-13-15-25(16-14-24)21(27)8-7-18-9-11-26(12-10-18)22(28)19-5-3-4-6-20(19)23/h3-6,17-18H,7-16H2,1-2H3. The van der Waals surface area contributed by atoms with E-state index in [-0.39, 0.29) is 17.4 Å². The minimum Gasteiger partial charge on any atom is -0.340 e. The highest BCUT2D eigenvalue weighted by Crippen LogP contribution is 2.24. The molecule has 6 heteroatoms. The number of nitrogens with zero attached hydrogens (tertiary/aromatic N) is 3. The molecule has 2 fully saturated rings. The van der Waals surface area contributed by atoms with E-state index in [1.807, 2.05) is 4.90 Å². The van der Waals surface area contributed by atoms with Gasteiger partial charge in [-0.1, -0.05) is 12.1 Å². The Hall–Kier alpha value is -1.95. The molecule has 0 aliphatic carbocycles. The minimum atomic E-state index is -0.460. The Morgan fingerprint density at radius 1 is 1.00 bits per heavy atom. The van der Waals surface area contributed by atoms with Crippen LogP contribution in [-0.4, -0.2) is 71.8 Å². The largest absolute Gasteiger partial charge is 0.340 e. The molecule has 2 saturated heterocycles. The highest BCUT2D eigenvalue weighted by atomic mass is 19.1. The molecule has 154 valence electrons. The Kier molecular flexibility index (Phi) is 7.05. The minimum absolute atomic E-state index is 0.150. The molecule has 3 rings (SSSR count). The summed E-state index contributed by atoms with van der Waals surface area (Å²) in [6, 6.07) is 6.69. The van der Waals surface area contributed by atoms with Crippen LogP contribution in [0.25, 0.3) is 0 Å². The predicted octanol–water partition coefficient (Wildman–Crippen LogP) is 3.01. The van der Waals surface area contributed by atoms with E-state index >= 15 is 0 Å². The van der Waals surface area contributed by atoms with Crippen molar-refractivity contribution in [1.29, 1.82) is 0 Å². The van der Waals surface area contributed by atoms with E-state index in [0.29, 0.717) is 31.5 Å². The first kappa shape index (κ1) is 20.8. The Balaban J connectivity index is 1.39. The van der Waals surface area contributed by atoms with Crippen molar-refractivity contribution in [3.05, 3.63) is 35.6 Å². The van der Waals surface area contributed by atoms with Crippen LogP contribution in [0, 0.1) is 11.7 Å². The maximum Gasteiger partial charge on any atom is 0.256 e. The number of piperidine rings is 1. The molecule has 2 aliphatic rings. The quantitative estimate of drug-likeness (QED) is 0.778. The maximum absolute atomic E-state index is 13.8. The van der Waals surface area contributed by atoms with Crippen LogP contribution in [0.4, 0.5) is 4.39 Å². The van der Waals surface area contributed by atoms with E-state index < -0.39 is 5.82 Å². The van der Waals surface area contributed by atoms with Crippen molar-refractivity contribution >= 4 is 11.8 Å². The number of likely N-dealkylation sites (tertiary alicyclic amines) is 1. The zero-order valence-electron chi connectivity index (χ0n) is 17.1. The Morgan fingerprint density at radius 3 is 2.25 bits per heavy atom. The Bertz CT molecular complexity index is 678. The van der Waals surface area contributed by atoms with E-state index in [0.717, 1.165) is 45.4 Å². The molecule has 0 saturated carbocycles. The van der Waals surface area contributed by atoms with Gasteiger partial charge < -0.3 is 9.80 Å². The van der Waals surface area contributed by atoms with Gasteiger partial charge >= 0.3 is 0 Å². The molecule has 0 N–H and O–H groups in total. The molecule has 1 aromatic carbocycles. The molecule has 0 bridgehead atoms. The maximum atomic E-state index is 13.8. The number of benzene rings is 1. The van der Waals surface area contributed by atoms with Crippen LogP contribution in [0.1, 0.15) is 49.9 Å². The summed E-state index contributed by atoms with van der Waals surface area (Å²) in [6.07, 6.45) is 3.24. The lowest BCUT2D eigenvalue weighted by molar-refractivity contribution is -0.133. The summed E-state index contributed by atoms with van der Waals surface area (Å²) < 4.78 is 13.8. The van der Waals surface area contributed by atoms with E-state index in [1.165, 1.54) is 6.07 Å². The van der Waals surface area contributed by atoms with Gasteiger partial charge in [0.25, 0.3) is 5.91 Å². The molecule has 0 aromatic heterocycles. The highest BCUT2D eigenvalue weighted by molar-refractivity contribution is 5.94. The molecule has 2 heterocycles. The number of hydrogen-bond donors (Lipinski definition) is 0. The number of rotatable bonds is 5. The molecule has 0 spiro atoms. The molecule has 28 heavy (non-hydrogen) atoms. The van der Waals surface area contributed by atoms with Gasteiger partial charge in [0.15, 0.2) is 0 Å². The van der Waals surface area contributed by atoms with Crippen LogP contribution >= 0.6 is 0 Å². The van der Waals surface area contributed by atoms with Crippen molar-refractivity contribution in [1.82, 2.24) is 14.7 Å². The number of hydrogen-bond acceptors (Lipinski definition) is 3. The van der Waals surface area contributed by atoms with Gasteiger partial charge in [0, 0.05) is 51.7 Å². The second-order valence-corrected chi connectivity index (χ2v) is 8.26. The van der Waals surface area contributed by atoms with Gasteiger partial charge in [-0.2, -0.15) is 0 Å². The fraction of sp³-hybridized carbons (Fsp3) is 0.636. The average molecular weight is 390 g/mol. The summed E-state index contributed by atoms with van der Waals surface area (Å²) >= 11 is 0. The number of carbonyl (C=O) groups excluding carboxylic acids is 2. The lowest BCUT2D eigenvalue weighted by Gasteiger charge is -2.37. The predicted molar refractivity (Wildman–Crippen MR) is 108 cm³/mol. The van der Waals surface area contributed by atoms with E-state index in [1.54, 1.807) is 23.1 Å². The summed E-state index contributed by atoms with van der Waals surface area (Å²) in [4.78, 5) is 31.2. The third-order valence-electron chi connectivity index (χ3n) is 6.17. The van der Waals surface area contributed by atoms with Crippen molar-refractivity contribution < 1.29 is 14.0 Å². The fourth-order valence-electron chi connectivity index (χ4n) is 4.20. The van der Waals surface area contributed by atoms with Crippen molar-refractivity contribution in [2.24, 2.45) is 5.92 Å². The van der Waals surface area contributed by atoms with Gasteiger partial charge in [-0.25, -0.2) is 4.39 Å². The second kappa shape index (κ2) is 9.50. The van der Waals surface area contributed by atoms with Crippen molar-refractivity contribution in [3.63, 3.8) is 0 Å². The van der Waals surface area contributed by atoms with E-state index in [4.69, 9.17) is 0 Å². The SMILES string of the molecule is CC(C)N1CCN(C(=O)CCC2CCN(C(=O)c3ccccc3F)CC2)CC1. The van der Waals surface area contributed by atoms with Crippen LogP contribution in [0.15, 0.2) is 24.3 Å². The van der Waals surface area contributed by atoms with Crippen molar-refractivity contribution in [2.75, 3.05) is 39.3 Å². The third kappa shape index (κ3) is 5.10. The first-order chi connectivity index (χ1) is 13.5. The molecule has 5 nitrogen and oxygen atoms in total. The van der Waals surface area contributed by atoms with E-state index in [2.05, 4.69) is 18.7 Å². The first-order valence-corrected chi connectivity index (χ1v) is 10.5. The molecule has 2 amide bonds. The number of amides is 2. The topological polar surface area (TPSA) is 43.9 Å². The lowest BCUT2D eigenvalue weighted by Crippen LogP contribution is -2.50. The summed E-state index contributed by atoms with van der Waals surface area (Å²) in [5.41, 5.74) is 0.150. The molecule has 1 aromatic rings. The highest BCUT2D eigenvalue weighted by Gasteiger charge is 2.27. The van der Waals surface area contributed by atoms with Crippen LogP contribution in [0.2, 0.25) is 0 Å². The van der Waals surface area contributed by atoms with E-state index in [9.17, 15) is 14.0 Å². The van der Waals surface area contributed by atoms with Gasteiger partial charge in [-0.05, 0) is 51.2 Å². The summed E-state index contributed by atoms with van der Waals surface area (Å²) in [7, 11) is 0. The van der Waals surface area contributed by atoms with Crippen LogP contribution in [0.3, 0.4) is 0 Å². The molecular formula is C22H32FN3O2. The van der Waals surface area contributed by atoms with Crippen LogP contribution < -0.4 is 0 Å². The molecular weight excluding hydrogens is 357 g/mol. The molecule has 0 radical (unpaired) electrons. The first-order valence-electron chi connectivity index (χ1n) is 10.5. The van der Waals surface area contributed by atoms with Crippen molar-refractivity contribution in [2.45, 2.75) is 45.6 Å². The van der Waals surface area contributed by atoms with Gasteiger partial charge in [-0.3, -0.25) is 14.5 Å². The Labute approximate surface area is 167 Å². The Morgan fingerprint density at radius 2 is 1.64 bits per heavy atom. The average Bonchev–Trinajstić information content (AvgIpc) is 2.72. The summed E-state index contributed by atoms with van der Waals surface area (Å²) in [5.74, 6) is 0.0345. The third-order valence-corrected chi connectivity index (χ3v) is 6.17. The molecule has 2 aliphatic heterocycles. The van der Waals surface area contributed by atoms with Gasteiger partial charge in [0.2, 0.25) is 5.91 Å². The summed E-state index contributed by atoms with van der Waals surface area (Å²) in [6.45, 7) is 9.23. The van der Waals surface area contributed by atoms with Gasteiger partial charge in [0.1, 0.15) is 5.82 Å². The van der Waals surface area contributed by atoms with Gasteiger partial charge in [0.05, 0.1) is 5.56 Å². The zero-order valence-corrected chi connectivity index (χ0v) is 17.1. The van der Waals surface area contributed by atoms with Crippen LogP contribution in [-0.2, 0) is 4.79 Å². The second-order valence-electron chi connectivity index (χ2n) is 8.26. The number of carbonyl (C=O) groups is 2. The monoisotopic (exact) mass is 389 g/mol. The zero-order chi connectivity index (χ0) is 20.1. The molecule has 0 atom stereocenters. The van der Waals surface area contributed by atoms with Gasteiger partial charge in [-0.15, -0.1) is 0 Å².